The fourth-order valence-electron chi connectivity index (χ4n) is 3.67. The molecule has 1 aromatic carbocycles. The Balaban J connectivity index is 1.56. The maximum Gasteiger partial charge on any atom is 0.233 e. The first-order chi connectivity index (χ1) is 12.3. The van der Waals surface area contributed by atoms with Crippen molar-refractivity contribution in [2.24, 2.45) is 11.8 Å². The predicted molar refractivity (Wildman–Crippen MR) is 95.0 cm³/mol. The maximum absolute atomic E-state index is 12.4. The van der Waals surface area contributed by atoms with Gasteiger partial charge in [-0.1, -0.05) is 12.8 Å². The lowest BCUT2D eigenvalue weighted by Crippen LogP contribution is -2.34. The molecule has 2 fully saturated rings. The molecule has 3 amide bonds. The third kappa shape index (κ3) is 3.80. The van der Waals surface area contributed by atoms with Crippen molar-refractivity contribution in [1.29, 1.82) is 0 Å². The number of hydrogen-bond acceptors (Lipinski definition) is 5. The Morgan fingerprint density at radius 3 is 2.12 bits per heavy atom. The van der Waals surface area contributed by atoms with Crippen LogP contribution in [0.3, 0.4) is 0 Å². The van der Waals surface area contributed by atoms with E-state index in [1.165, 1.54) is 29.2 Å². The van der Waals surface area contributed by atoms with E-state index in [0.717, 1.165) is 31.9 Å². The Morgan fingerprint density at radius 2 is 1.62 bits per heavy atom. The Hall–Kier alpha value is -2.22. The smallest absolute Gasteiger partial charge is 0.233 e. The molecular formula is C18H22N2O5S. The van der Waals surface area contributed by atoms with Crippen molar-refractivity contribution >= 4 is 33.2 Å². The van der Waals surface area contributed by atoms with Crippen molar-refractivity contribution in [3.05, 3.63) is 24.3 Å². The molecule has 1 heterocycles. The van der Waals surface area contributed by atoms with Gasteiger partial charge in [-0.2, -0.15) is 0 Å². The van der Waals surface area contributed by atoms with Gasteiger partial charge >= 0.3 is 0 Å². The monoisotopic (exact) mass is 378 g/mol. The third-order valence-electron chi connectivity index (χ3n) is 5.06. The van der Waals surface area contributed by atoms with Gasteiger partial charge in [0.25, 0.3) is 0 Å². The van der Waals surface area contributed by atoms with Crippen LogP contribution in [0.4, 0.5) is 5.69 Å². The van der Waals surface area contributed by atoms with Crippen LogP contribution >= 0.6 is 0 Å². The van der Waals surface area contributed by atoms with Gasteiger partial charge in [-0.25, -0.2) is 8.42 Å². The van der Waals surface area contributed by atoms with Gasteiger partial charge in [0.05, 0.1) is 16.7 Å². The summed E-state index contributed by atoms with van der Waals surface area (Å²) in [7, 11) is -3.29. The van der Waals surface area contributed by atoms with E-state index in [0.29, 0.717) is 5.69 Å². The number of carbonyl (C=O) groups is 3. The highest BCUT2D eigenvalue weighted by molar-refractivity contribution is 7.90. The van der Waals surface area contributed by atoms with Crippen LogP contribution in [0, 0.1) is 11.8 Å². The molecule has 1 aliphatic carbocycles. The van der Waals surface area contributed by atoms with Gasteiger partial charge in [0.2, 0.25) is 17.7 Å². The first-order valence-corrected chi connectivity index (χ1v) is 10.6. The number of rotatable bonds is 5. The second-order valence-corrected chi connectivity index (χ2v) is 8.94. The van der Waals surface area contributed by atoms with Crippen molar-refractivity contribution in [3.8, 4) is 0 Å². The molecule has 1 saturated carbocycles. The molecule has 1 aliphatic heterocycles. The number of nitrogens with one attached hydrogen (secondary N) is 1. The molecule has 0 spiro atoms. The Bertz CT molecular complexity index is 808. The van der Waals surface area contributed by atoms with Crippen molar-refractivity contribution in [2.75, 3.05) is 18.1 Å². The molecule has 0 bridgehead atoms. The summed E-state index contributed by atoms with van der Waals surface area (Å²) in [6.45, 7) is 0.0813. The zero-order valence-corrected chi connectivity index (χ0v) is 15.4. The lowest BCUT2D eigenvalue weighted by atomic mass is 9.81. The van der Waals surface area contributed by atoms with Crippen LogP contribution in [-0.4, -0.2) is 43.8 Å². The quantitative estimate of drug-likeness (QED) is 0.784. The molecule has 1 saturated heterocycles. The van der Waals surface area contributed by atoms with Gasteiger partial charge < -0.3 is 5.32 Å². The van der Waals surface area contributed by atoms with Gasteiger partial charge in [-0.05, 0) is 37.1 Å². The van der Waals surface area contributed by atoms with E-state index in [-0.39, 0.29) is 47.4 Å². The third-order valence-corrected chi connectivity index (χ3v) is 6.19. The van der Waals surface area contributed by atoms with Gasteiger partial charge in [0.15, 0.2) is 9.84 Å². The molecule has 2 atom stereocenters. The van der Waals surface area contributed by atoms with Crippen molar-refractivity contribution in [1.82, 2.24) is 4.90 Å². The molecule has 3 rings (SSSR count). The van der Waals surface area contributed by atoms with Gasteiger partial charge in [-0.3, -0.25) is 19.3 Å². The zero-order valence-electron chi connectivity index (χ0n) is 14.6. The first-order valence-electron chi connectivity index (χ1n) is 8.72. The summed E-state index contributed by atoms with van der Waals surface area (Å²) >= 11 is 0. The maximum atomic E-state index is 12.4. The highest BCUT2D eigenvalue weighted by Gasteiger charge is 2.47. The number of imide groups is 1. The standard InChI is InChI=1S/C18H22N2O5S/c1-26(24,25)13-8-6-12(7-9-13)19-16(21)10-11-20-17(22)14-4-2-3-5-15(14)18(20)23/h6-9,14-15H,2-5,10-11H2,1H3,(H,19,21)/t14-,15+. The molecule has 1 N–H and O–H groups in total. The number of likely N-dealkylation sites (tertiary alicyclic amines) is 1. The summed E-state index contributed by atoms with van der Waals surface area (Å²) in [5, 5.41) is 2.65. The van der Waals surface area contributed by atoms with Gasteiger partial charge in [-0.15, -0.1) is 0 Å². The molecule has 26 heavy (non-hydrogen) atoms. The first kappa shape index (κ1) is 18.6. The van der Waals surface area contributed by atoms with Crippen LogP contribution < -0.4 is 5.32 Å². The average molecular weight is 378 g/mol. The number of benzene rings is 1. The molecule has 0 aromatic heterocycles. The topological polar surface area (TPSA) is 101 Å². The minimum atomic E-state index is -3.29. The minimum Gasteiger partial charge on any atom is -0.326 e. The number of sulfone groups is 1. The van der Waals surface area contributed by atoms with Crippen molar-refractivity contribution in [2.45, 2.75) is 37.0 Å². The zero-order chi connectivity index (χ0) is 18.9. The van der Waals surface area contributed by atoms with E-state index in [1.54, 1.807) is 0 Å². The lowest BCUT2D eigenvalue weighted by Gasteiger charge is -2.19. The van der Waals surface area contributed by atoms with Gasteiger partial charge in [0, 0.05) is 24.9 Å². The van der Waals surface area contributed by atoms with Crippen LogP contribution in [0.15, 0.2) is 29.2 Å². The van der Waals surface area contributed by atoms with Crippen molar-refractivity contribution < 1.29 is 22.8 Å². The van der Waals surface area contributed by atoms with Crippen LogP contribution in [0.25, 0.3) is 0 Å². The second-order valence-electron chi connectivity index (χ2n) is 6.92. The summed E-state index contributed by atoms with van der Waals surface area (Å²) < 4.78 is 22.9. The number of nitrogens with zero attached hydrogens (tertiary/aromatic N) is 1. The Morgan fingerprint density at radius 1 is 1.08 bits per heavy atom. The summed E-state index contributed by atoms with van der Waals surface area (Å²) in [4.78, 5) is 38.2. The number of amides is 3. The largest absolute Gasteiger partial charge is 0.326 e. The Labute approximate surface area is 152 Å². The van der Waals surface area contributed by atoms with Crippen LogP contribution in [0.2, 0.25) is 0 Å². The summed E-state index contributed by atoms with van der Waals surface area (Å²) in [6.07, 6.45) is 4.58. The van der Waals surface area contributed by atoms with E-state index in [4.69, 9.17) is 0 Å². The number of hydrogen-bond donors (Lipinski definition) is 1. The number of anilines is 1. The molecule has 1 aromatic rings. The summed E-state index contributed by atoms with van der Waals surface area (Å²) in [5.74, 6) is -1.03. The average Bonchev–Trinajstić information content (AvgIpc) is 2.84. The molecule has 0 radical (unpaired) electrons. The highest BCUT2D eigenvalue weighted by atomic mass is 32.2. The highest BCUT2D eigenvalue weighted by Crippen LogP contribution is 2.37. The molecule has 7 nitrogen and oxygen atoms in total. The summed E-state index contributed by atoms with van der Waals surface area (Å²) in [6, 6.07) is 5.86. The fourth-order valence-corrected chi connectivity index (χ4v) is 4.30. The summed E-state index contributed by atoms with van der Waals surface area (Å²) in [5.41, 5.74) is 0.468. The van der Waals surface area contributed by atoms with E-state index >= 15 is 0 Å². The number of carbonyl (C=O) groups excluding carboxylic acids is 3. The Kier molecular flexibility index (Phi) is 5.13. The predicted octanol–water partition coefficient (Wildman–Crippen LogP) is 1.59. The van der Waals surface area contributed by atoms with Crippen LogP contribution in [0.1, 0.15) is 32.1 Å². The molecule has 8 heteroatoms. The SMILES string of the molecule is CS(=O)(=O)c1ccc(NC(=O)CCN2C(=O)[C@H]3CCCC[C@H]3C2=O)cc1. The second kappa shape index (κ2) is 7.19. The van der Waals surface area contributed by atoms with E-state index in [2.05, 4.69) is 5.32 Å². The molecule has 140 valence electrons. The van der Waals surface area contributed by atoms with Crippen LogP contribution in [-0.2, 0) is 24.2 Å². The molecular weight excluding hydrogens is 356 g/mol. The van der Waals surface area contributed by atoms with Crippen molar-refractivity contribution in [3.63, 3.8) is 0 Å². The van der Waals surface area contributed by atoms with E-state index in [1.807, 2.05) is 0 Å². The van der Waals surface area contributed by atoms with E-state index < -0.39 is 9.84 Å². The van der Waals surface area contributed by atoms with E-state index in [9.17, 15) is 22.8 Å². The molecule has 0 unspecified atom stereocenters. The fraction of sp³-hybridized carbons (Fsp3) is 0.500. The molecule has 2 aliphatic rings. The number of fused-ring (bicyclic) bond motifs is 1. The normalized spacial score (nSPS) is 23.0. The van der Waals surface area contributed by atoms with Crippen LogP contribution in [0.5, 0.6) is 0 Å². The minimum absolute atomic E-state index is 0.0186. The van der Waals surface area contributed by atoms with Gasteiger partial charge in [0.1, 0.15) is 0 Å². The lowest BCUT2D eigenvalue weighted by molar-refractivity contribution is -0.140.